The Hall–Kier alpha value is -3.14. The molecule has 1 amide bonds. The van der Waals surface area contributed by atoms with Crippen molar-refractivity contribution in [3.05, 3.63) is 78.0 Å². The Balaban J connectivity index is 1.40. The molecule has 1 aliphatic heterocycles. The molecule has 1 saturated heterocycles. The maximum Gasteiger partial charge on any atom is 0.246 e. The van der Waals surface area contributed by atoms with Crippen LogP contribution in [0.3, 0.4) is 0 Å². The highest BCUT2D eigenvalue weighted by Crippen LogP contribution is 2.29. The number of phenolic OH excluding ortho intramolecular Hbond substituents is 1. The third-order valence-corrected chi connectivity index (χ3v) is 5.24. The number of phenols is 1. The third kappa shape index (κ3) is 3.85. The van der Waals surface area contributed by atoms with Gasteiger partial charge in [0.1, 0.15) is 5.75 Å². The molecular formula is C23H22N2O2. The van der Waals surface area contributed by atoms with Crippen LogP contribution in [0.15, 0.2) is 66.9 Å². The zero-order chi connectivity index (χ0) is 18.6. The monoisotopic (exact) mass is 358 g/mol. The number of fused-ring (bicyclic) bond motifs is 1. The normalized spacial score (nSPS) is 15.5. The third-order valence-electron chi connectivity index (χ3n) is 5.24. The number of aromatic nitrogens is 1. The molecular weight excluding hydrogens is 336 g/mol. The standard InChI is InChI=1S/C23H22N2O2/c26-21-9-6-17(7-10-21)18-12-15-25(16-13-18)22(27)11-8-20-4-1-3-19-5-2-14-24-23(19)20/h1-11,14,18,26H,12-13,15-16H2/b11-8+. The van der Waals surface area contributed by atoms with Crippen molar-refractivity contribution < 1.29 is 9.90 Å². The number of para-hydroxylation sites is 1. The topological polar surface area (TPSA) is 53.4 Å². The number of carbonyl (C=O) groups excluding carboxylic acids is 1. The van der Waals surface area contributed by atoms with E-state index in [2.05, 4.69) is 4.98 Å². The first kappa shape index (κ1) is 17.3. The van der Waals surface area contributed by atoms with E-state index < -0.39 is 0 Å². The molecule has 4 heteroatoms. The van der Waals surface area contributed by atoms with Gasteiger partial charge >= 0.3 is 0 Å². The molecule has 0 bridgehead atoms. The second-order valence-electron chi connectivity index (χ2n) is 6.95. The fraction of sp³-hybridized carbons (Fsp3) is 0.217. The first-order chi connectivity index (χ1) is 13.2. The van der Waals surface area contributed by atoms with Crippen LogP contribution < -0.4 is 0 Å². The number of likely N-dealkylation sites (tertiary alicyclic amines) is 1. The molecule has 1 aliphatic rings. The van der Waals surface area contributed by atoms with Crippen molar-refractivity contribution in [1.82, 2.24) is 9.88 Å². The minimum Gasteiger partial charge on any atom is -0.508 e. The number of benzene rings is 2. The molecule has 27 heavy (non-hydrogen) atoms. The van der Waals surface area contributed by atoms with Crippen LogP contribution in [0.1, 0.15) is 29.9 Å². The van der Waals surface area contributed by atoms with Crippen LogP contribution in [-0.2, 0) is 4.79 Å². The minimum atomic E-state index is 0.0482. The second-order valence-corrected chi connectivity index (χ2v) is 6.95. The SMILES string of the molecule is O=C(/C=C/c1cccc2cccnc12)N1CCC(c2ccc(O)cc2)CC1. The van der Waals surface area contributed by atoms with Gasteiger partial charge in [-0.15, -0.1) is 0 Å². The van der Waals surface area contributed by atoms with Crippen molar-refractivity contribution >= 4 is 22.9 Å². The molecule has 3 aromatic rings. The number of amides is 1. The Bertz CT molecular complexity index is 966. The quantitative estimate of drug-likeness (QED) is 0.708. The van der Waals surface area contributed by atoms with Crippen LogP contribution in [0, 0.1) is 0 Å². The van der Waals surface area contributed by atoms with Gasteiger partial charge in [0.25, 0.3) is 0 Å². The summed E-state index contributed by atoms with van der Waals surface area (Å²) in [4.78, 5) is 18.9. The molecule has 0 aliphatic carbocycles. The van der Waals surface area contributed by atoms with Crippen molar-refractivity contribution in [2.45, 2.75) is 18.8 Å². The number of piperidine rings is 1. The summed E-state index contributed by atoms with van der Waals surface area (Å²) in [7, 11) is 0. The lowest BCUT2D eigenvalue weighted by Gasteiger charge is -2.31. The average molecular weight is 358 g/mol. The highest BCUT2D eigenvalue weighted by molar-refractivity contribution is 5.95. The fourth-order valence-corrected chi connectivity index (χ4v) is 3.71. The Morgan fingerprint density at radius 1 is 1.04 bits per heavy atom. The highest BCUT2D eigenvalue weighted by Gasteiger charge is 2.22. The van der Waals surface area contributed by atoms with E-state index in [-0.39, 0.29) is 5.91 Å². The number of nitrogens with zero attached hydrogens (tertiary/aromatic N) is 2. The average Bonchev–Trinajstić information content (AvgIpc) is 2.72. The molecule has 4 nitrogen and oxygen atoms in total. The van der Waals surface area contributed by atoms with Crippen molar-refractivity contribution in [3.8, 4) is 5.75 Å². The summed E-state index contributed by atoms with van der Waals surface area (Å²) >= 11 is 0. The van der Waals surface area contributed by atoms with Crippen LogP contribution >= 0.6 is 0 Å². The molecule has 2 aromatic carbocycles. The van der Waals surface area contributed by atoms with Gasteiger partial charge in [-0.2, -0.15) is 0 Å². The smallest absolute Gasteiger partial charge is 0.246 e. The van der Waals surface area contributed by atoms with Gasteiger partial charge < -0.3 is 10.0 Å². The first-order valence-corrected chi connectivity index (χ1v) is 9.30. The number of hydrogen-bond acceptors (Lipinski definition) is 3. The maximum atomic E-state index is 12.6. The van der Waals surface area contributed by atoms with Gasteiger partial charge in [0.15, 0.2) is 0 Å². The van der Waals surface area contributed by atoms with Gasteiger partial charge in [-0.1, -0.05) is 36.4 Å². The van der Waals surface area contributed by atoms with E-state index in [4.69, 9.17) is 0 Å². The fourth-order valence-electron chi connectivity index (χ4n) is 3.71. The molecule has 4 rings (SSSR count). The molecule has 0 atom stereocenters. The molecule has 1 N–H and O–H groups in total. The highest BCUT2D eigenvalue weighted by atomic mass is 16.3. The largest absolute Gasteiger partial charge is 0.508 e. The van der Waals surface area contributed by atoms with E-state index in [1.54, 1.807) is 24.4 Å². The predicted octanol–water partition coefficient (Wildman–Crippen LogP) is 4.36. The summed E-state index contributed by atoms with van der Waals surface area (Å²) in [6, 6.07) is 17.3. The van der Waals surface area contributed by atoms with Gasteiger partial charge in [0, 0.05) is 36.3 Å². The van der Waals surface area contributed by atoms with E-state index in [1.165, 1.54) is 5.56 Å². The minimum absolute atomic E-state index is 0.0482. The molecule has 1 aromatic heterocycles. The second kappa shape index (κ2) is 7.62. The Morgan fingerprint density at radius 3 is 2.56 bits per heavy atom. The number of hydrogen-bond donors (Lipinski definition) is 1. The van der Waals surface area contributed by atoms with Gasteiger partial charge in [-0.05, 0) is 48.6 Å². The van der Waals surface area contributed by atoms with Crippen LogP contribution in [-0.4, -0.2) is 34.0 Å². The van der Waals surface area contributed by atoms with Gasteiger partial charge in [-0.25, -0.2) is 0 Å². The van der Waals surface area contributed by atoms with E-state index in [1.807, 2.05) is 53.4 Å². The van der Waals surface area contributed by atoms with E-state index in [0.29, 0.717) is 11.7 Å². The van der Waals surface area contributed by atoms with E-state index in [9.17, 15) is 9.90 Å². The van der Waals surface area contributed by atoms with E-state index >= 15 is 0 Å². The molecule has 0 spiro atoms. The van der Waals surface area contributed by atoms with Crippen molar-refractivity contribution in [2.24, 2.45) is 0 Å². The van der Waals surface area contributed by atoms with Gasteiger partial charge in [0.2, 0.25) is 5.91 Å². The predicted molar refractivity (Wildman–Crippen MR) is 107 cm³/mol. The lowest BCUT2D eigenvalue weighted by atomic mass is 9.89. The van der Waals surface area contributed by atoms with Gasteiger partial charge in [-0.3, -0.25) is 9.78 Å². The van der Waals surface area contributed by atoms with Gasteiger partial charge in [0.05, 0.1) is 5.52 Å². The summed E-state index contributed by atoms with van der Waals surface area (Å²) in [5.41, 5.74) is 3.10. The summed E-state index contributed by atoms with van der Waals surface area (Å²) in [5, 5.41) is 10.5. The summed E-state index contributed by atoms with van der Waals surface area (Å²) < 4.78 is 0. The number of carbonyl (C=O) groups is 1. The molecule has 136 valence electrons. The van der Waals surface area contributed by atoms with Crippen LogP contribution in [0.2, 0.25) is 0 Å². The first-order valence-electron chi connectivity index (χ1n) is 9.30. The zero-order valence-corrected chi connectivity index (χ0v) is 15.1. The Kier molecular flexibility index (Phi) is 4.88. The van der Waals surface area contributed by atoms with Crippen LogP contribution in [0.4, 0.5) is 0 Å². The molecule has 0 radical (unpaired) electrons. The number of rotatable bonds is 3. The van der Waals surface area contributed by atoms with E-state index in [0.717, 1.165) is 42.4 Å². The summed E-state index contributed by atoms with van der Waals surface area (Å²) in [6.07, 6.45) is 7.18. The lowest BCUT2D eigenvalue weighted by Crippen LogP contribution is -2.36. The van der Waals surface area contributed by atoms with Crippen LogP contribution in [0.25, 0.3) is 17.0 Å². The number of pyridine rings is 1. The van der Waals surface area contributed by atoms with Crippen molar-refractivity contribution in [3.63, 3.8) is 0 Å². The maximum absolute atomic E-state index is 12.6. The number of aromatic hydroxyl groups is 1. The van der Waals surface area contributed by atoms with Crippen LogP contribution in [0.5, 0.6) is 5.75 Å². The molecule has 1 fully saturated rings. The molecule has 0 unspecified atom stereocenters. The lowest BCUT2D eigenvalue weighted by molar-refractivity contribution is -0.126. The Labute approximate surface area is 158 Å². The molecule has 2 heterocycles. The summed E-state index contributed by atoms with van der Waals surface area (Å²) in [6.45, 7) is 1.50. The summed E-state index contributed by atoms with van der Waals surface area (Å²) in [5.74, 6) is 0.785. The Morgan fingerprint density at radius 2 is 1.78 bits per heavy atom. The molecule has 0 saturated carbocycles. The zero-order valence-electron chi connectivity index (χ0n) is 15.1. The van der Waals surface area contributed by atoms with Crippen molar-refractivity contribution in [1.29, 1.82) is 0 Å². The van der Waals surface area contributed by atoms with Crippen molar-refractivity contribution in [2.75, 3.05) is 13.1 Å².